The Kier molecular flexibility index (Phi) is 3.98. The van der Waals surface area contributed by atoms with Gasteiger partial charge in [0.2, 0.25) is 5.79 Å². The van der Waals surface area contributed by atoms with Gasteiger partial charge in [0.1, 0.15) is 17.8 Å². The second-order valence-corrected chi connectivity index (χ2v) is 5.48. The molecule has 0 bridgehead atoms. The summed E-state index contributed by atoms with van der Waals surface area (Å²) in [6.07, 6.45) is 2.00. The lowest BCUT2D eigenvalue weighted by atomic mass is 10.0. The zero-order valence-corrected chi connectivity index (χ0v) is 13.0. The monoisotopic (exact) mass is 323 g/mol. The number of hydrogen-bond donors (Lipinski definition) is 1. The summed E-state index contributed by atoms with van der Waals surface area (Å²) in [6.45, 7) is 1.10. The van der Waals surface area contributed by atoms with E-state index in [1.807, 2.05) is 54.6 Å². The van der Waals surface area contributed by atoms with Crippen molar-refractivity contribution in [2.24, 2.45) is 0 Å². The van der Waals surface area contributed by atoms with Gasteiger partial charge in [-0.3, -0.25) is 5.10 Å². The average molecular weight is 323 g/mol. The highest BCUT2D eigenvalue weighted by atomic mass is 16.7. The molecule has 1 aliphatic heterocycles. The highest BCUT2D eigenvalue weighted by molar-refractivity contribution is 5.34. The number of nitrogens with zero attached hydrogens (tertiary/aromatic N) is 2. The van der Waals surface area contributed by atoms with Crippen molar-refractivity contribution in [3.05, 3.63) is 72.3 Å². The molecule has 0 atom stereocenters. The first kappa shape index (κ1) is 14.9. The molecular weight excluding hydrogens is 306 g/mol. The predicted octanol–water partition coefficient (Wildman–Crippen LogP) is 3.04. The molecule has 0 unspecified atom stereocenters. The van der Waals surface area contributed by atoms with Crippen LogP contribution in [0.4, 0.5) is 0 Å². The number of ether oxygens (including phenoxy) is 3. The number of para-hydroxylation sites is 1. The lowest BCUT2D eigenvalue weighted by Gasteiger charge is -2.26. The Labute approximate surface area is 139 Å². The van der Waals surface area contributed by atoms with Gasteiger partial charge in [-0.2, -0.15) is 5.10 Å². The maximum atomic E-state index is 5.90. The van der Waals surface area contributed by atoms with Crippen LogP contribution in [0.3, 0.4) is 0 Å². The van der Waals surface area contributed by atoms with Gasteiger partial charge in [-0.25, -0.2) is 4.98 Å². The third-order valence-electron chi connectivity index (χ3n) is 3.88. The number of benzene rings is 2. The topological polar surface area (TPSA) is 69.3 Å². The van der Waals surface area contributed by atoms with Crippen molar-refractivity contribution in [2.45, 2.75) is 12.2 Å². The van der Waals surface area contributed by atoms with E-state index in [2.05, 4.69) is 15.2 Å². The van der Waals surface area contributed by atoms with Crippen molar-refractivity contribution in [2.75, 3.05) is 13.2 Å². The van der Waals surface area contributed by atoms with Gasteiger partial charge in [0.05, 0.1) is 19.6 Å². The quantitative estimate of drug-likeness (QED) is 0.781. The smallest absolute Gasteiger partial charge is 0.202 e. The van der Waals surface area contributed by atoms with Gasteiger partial charge in [-0.05, 0) is 36.4 Å². The first-order valence-electron chi connectivity index (χ1n) is 7.80. The van der Waals surface area contributed by atoms with Crippen molar-refractivity contribution < 1.29 is 14.2 Å². The molecule has 2 aromatic carbocycles. The lowest BCUT2D eigenvalue weighted by molar-refractivity contribution is -0.165. The van der Waals surface area contributed by atoms with Gasteiger partial charge in [-0.1, -0.05) is 18.2 Å². The third-order valence-corrected chi connectivity index (χ3v) is 3.88. The normalized spacial score (nSPS) is 16.2. The Morgan fingerprint density at radius 3 is 2.33 bits per heavy atom. The largest absolute Gasteiger partial charge is 0.457 e. The van der Waals surface area contributed by atoms with E-state index >= 15 is 0 Å². The molecule has 6 nitrogen and oxygen atoms in total. The second-order valence-electron chi connectivity index (χ2n) is 5.48. The van der Waals surface area contributed by atoms with Crippen LogP contribution in [0.25, 0.3) is 0 Å². The van der Waals surface area contributed by atoms with Gasteiger partial charge in [0, 0.05) is 5.56 Å². The molecule has 1 fully saturated rings. The molecule has 122 valence electrons. The maximum absolute atomic E-state index is 5.90. The van der Waals surface area contributed by atoms with Gasteiger partial charge in [0.15, 0.2) is 5.82 Å². The van der Waals surface area contributed by atoms with E-state index in [0.717, 1.165) is 17.1 Å². The Morgan fingerprint density at radius 1 is 0.958 bits per heavy atom. The van der Waals surface area contributed by atoms with E-state index in [-0.39, 0.29) is 0 Å². The fourth-order valence-corrected chi connectivity index (χ4v) is 2.76. The van der Waals surface area contributed by atoms with Gasteiger partial charge >= 0.3 is 0 Å². The summed E-state index contributed by atoms with van der Waals surface area (Å²) in [5.74, 6) is 1.37. The molecule has 3 aromatic rings. The average Bonchev–Trinajstić information content (AvgIpc) is 3.30. The van der Waals surface area contributed by atoms with Crippen LogP contribution in [0.15, 0.2) is 60.9 Å². The van der Waals surface area contributed by atoms with E-state index in [0.29, 0.717) is 25.5 Å². The summed E-state index contributed by atoms with van der Waals surface area (Å²) in [5.41, 5.74) is 0.921. The van der Waals surface area contributed by atoms with E-state index in [4.69, 9.17) is 14.2 Å². The van der Waals surface area contributed by atoms with E-state index in [9.17, 15) is 0 Å². The van der Waals surface area contributed by atoms with Crippen LogP contribution in [-0.2, 0) is 21.7 Å². The zero-order chi connectivity index (χ0) is 16.2. The zero-order valence-electron chi connectivity index (χ0n) is 13.0. The number of aromatic amines is 1. The van der Waals surface area contributed by atoms with Crippen LogP contribution in [0.1, 0.15) is 11.4 Å². The van der Waals surface area contributed by atoms with Crippen LogP contribution in [0, 0.1) is 0 Å². The van der Waals surface area contributed by atoms with Crippen molar-refractivity contribution in [1.82, 2.24) is 15.2 Å². The molecule has 1 aliphatic rings. The number of aromatic nitrogens is 3. The van der Waals surface area contributed by atoms with Crippen LogP contribution >= 0.6 is 0 Å². The molecule has 0 radical (unpaired) electrons. The summed E-state index contributed by atoms with van der Waals surface area (Å²) in [6, 6.07) is 17.4. The van der Waals surface area contributed by atoms with Gasteiger partial charge < -0.3 is 14.2 Å². The molecule has 1 N–H and O–H groups in total. The highest BCUT2D eigenvalue weighted by Crippen LogP contribution is 2.35. The fraction of sp³-hybridized carbons (Fsp3) is 0.222. The van der Waals surface area contributed by atoms with Crippen molar-refractivity contribution in [1.29, 1.82) is 0 Å². The number of hydrogen-bond acceptors (Lipinski definition) is 5. The summed E-state index contributed by atoms with van der Waals surface area (Å²) in [7, 11) is 0. The Morgan fingerprint density at radius 2 is 1.67 bits per heavy atom. The van der Waals surface area contributed by atoms with Gasteiger partial charge in [-0.15, -0.1) is 0 Å². The molecule has 0 aliphatic carbocycles. The molecule has 4 rings (SSSR count). The third kappa shape index (κ3) is 3.02. The molecule has 24 heavy (non-hydrogen) atoms. The Bertz CT molecular complexity index is 767. The molecular formula is C18H17N3O3. The minimum absolute atomic E-state index is 0.454. The van der Waals surface area contributed by atoms with Crippen LogP contribution in [0.2, 0.25) is 0 Å². The van der Waals surface area contributed by atoms with Crippen molar-refractivity contribution >= 4 is 0 Å². The Hall–Kier alpha value is -2.70. The lowest BCUT2D eigenvalue weighted by Crippen LogP contribution is -2.30. The van der Waals surface area contributed by atoms with Gasteiger partial charge in [0.25, 0.3) is 0 Å². The summed E-state index contributed by atoms with van der Waals surface area (Å²) in [4.78, 5) is 4.17. The van der Waals surface area contributed by atoms with Crippen LogP contribution in [0.5, 0.6) is 11.5 Å². The molecule has 0 saturated carbocycles. The number of H-pyrrole nitrogens is 1. The molecule has 0 amide bonds. The number of nitrogens with one attached hydrogen (secondary N) is 1. The van der Waals surface area contributed by atoms with Crippen LogP contribution < -0.4 is 4.74 Å². The highest BCUT2D eigenvalue weighted by Gasteiger charge is 2.40. The van der Waals surface area contributed by atoms with Crippen molar-refractivity contribution in [3.63, 3.8) is 0 Å². The standard InChI is InChI=1S/C18H17N3O3/c1-2-4-15(5-3-1)24-16-8-6-14(7-9-16)18(22-10-11-23-18)12-17-19-13-20-21-17/h1-9,13H,10-12H2,(H,19,20,21). The summed E-state index contributed by atoms with van der Waals surface area (Å²) < 4.78 is 17.6. The van der Waals surface area contributed by atoms with Crippen molar-refractivity contribution in [3.8, 4) is 11.5 Å². The minimum Gasteiger partial charge on any atom is -0.457 e. The fourth-order valence-electron chi connectivity index (χ4n) is 2.76. The maximum Gasteiger partial charge on any atom is 0.202 e. The number of rotatable bonds is 5. The minimum atomic E-state index is -0.840. The molecule has 1 saturated heterocycles. The first-order chi connectivity index (χ1) is 11.8. The molecule has 2 heterocycles. The molecule has 1 aromatic heterocycles. The first-order valence-corrected chi connectivity index (χ1v) is 7.80. The van der Waals surface area contributed by atoms with E-state index in [1.165, 1.54) is 0 Å². The molecule has 0 spiro atoms. The SMILES string of the molecule is c1ccc(Oc2ccc(C3(Cc4nc[nH]n4)OCCO3)cc2)cc1. The summed E-state index contributed by atoms with van der Waals surface area (Å²) in [5, 5.41) is 6.82. The van der Waals surface area contributed by atoms with E-state index < -0.39 is 5.79 Å². The second kappa shape index (κ2) is 6.43. The van der Waals surface area contributed by atoms with Crippen LogP contribution in [-0.4, -0.2) is 28.4 Å². The predicted molar refractivity (Wildman–Crippen MR) is 86.6 cm³/mol. The summed E-state index contributed by atoms with van der Waals surface area (Å²) >= 11 is 0. The van der Waals surface area contributed by atoms with E-state index in [1.54, 1.807) is 6.33 Å². The Balaban J connectivity index is 1.56. The molecule has 6 heteroatoms.